The van der Waals surface area contributed by atoms with E-state index in [4.69, 9.17) is 20.9 Å². The van der Waals surface area contributed by atoms with Crippen molar-refractivity contribution in [3.63, 3.8) is 0 Å². The van der Waals surface area contributed by atoms with E-state index in [1.165, 1.54) is 0 Å². The molecule has 0 radical (unpaired) electrons. The van der Waals surface area contributed by atoms with E-state index in [1.807, 2.05) is 45.9 Å². The van der Waals surface area contributed by atoms with Gasteiger partial charge in [0.05, 0.1) is 11.2 Å². The molecule has 0 aromatic heterocycles. The van der Waals surface area contributed by atoms with Gasteiger partial charge in [-0.1, -0.05) is 42.0 Å². The van der Waals surface area contributed by atoms with Crippen LogP contribution in [0.15, 0.2) is 35.3 Å². The van der Waals surface area contributed by atoms with Gasteiger partial charge in [0.25, 0.3) is 0 Å². The zero-order valence-corrected chi connectivity index (χ0v) is 12.2. The van der Waals surface area contributed by atoms with Gasteiger partial charge < -0.3 is 9.31 Å². The molecule has 2 aliphatic rings. The SMILES string of the molecule is CC1(C)OB(/C(Cl)=C\[C@@H]2C=CC=CC2)OC1(C)C. The van der Waals surface area contributed by atoms with Gasteiger partial charge in [-0.2, -0.15) is 0 Å². The Kier molecular flexibility index (Phi) is 3.77. The van der Waals surface area contributed by atoms with Gasteiger partial charge in [0, 0.05) is 4.93 Å². The minimum absolute atomic E-state index is 0.335. The highest BCUT2D eigenvalue weighted by Crippen LogP contribution is 2.39. The largest absolute Gasteiger partial charge is 0.506 e. The molecule has 0 unspecified atom stereocenters. The summed E-state index contributed by atoms with van der Waals surface area (Å²) in [5.74, 6) is 0.335. The molecule has 0 saturated carbocycles. The fourth-order valence-corrected chi connectivity index (χ4v) is 2.21. The molecule has 0 aromatic carbocycles. The summed E-state index contributed by atoms with van der Waals surface area (Å²) in [6, 6.07) is 0. The molecule has 2 rings (SSSR count). The van der Waals surface area contributed by atoms with Crippen molar-refractivity contribution in [3.8, 4) is 0 Å². The van der Waals surface area contributed by atoms with Crippen molar-refractivity contribution in [1.29, 1.82) is 0 Å². The Labute approximate surface area is 115 Å². The Hall–Kier alpha value is -0.505. The van der Waals surface area contributed by atoms with E-state index >= 15 is 0 Å². The van der Waals surface area contributed by atoms with Crippen molar-refractivity contribution in [1.82, 2.24) is 0 Å². The smallest absolute Gasteiger partial charge is 0.399 e. The summed E-state index contributed by atoms with van der Waals surface area (Å²) in [6.07, 6.45) is 11.4. The molecule has 0 aromatic rings. The van der Waals surface area contributed by atoms with Crippen LogP contribution in [0.2, 0.25) is 0 Å². The first-order valence-electron chi connectivity index (χ1n) is 6.38. The van der Waals surface area contributed by atoms with Crippen LogP contribution in [0.1, 0.15) is 34.1 Å². The van der Waals surface area contributed by atoms with E-state index in [-0.39, 0.29) is 11.2 Å². The van der Waals surface area contributed by atoms with Crippen LogP contribution in [-0.2, 0) is 9.31 Å². The van der Waals surface area contributed by atoms with E-state index in [9.17, 15) is 0 Å². The highest BCUT2D eigenvalue weighted by molar-refractivity contribution is 6.69. The van der Waals surface area contributed by atoms with Crippen molar-refractivity contribution >= 4 is 18.7 Å². The van der Waals surface area contributed by atoms with Gasteiger partial charge in [0.2, 0.25) is 0 Å². The van der Waals surface area contributed by atoms with Crippen LogP contribution in [0, 0.1) is 5.92 Å². The van der Waals surface area contributed by atoms with Crippen LogP contribution in [-0.4, -0.2) is 18.3 Å². The van der Waals surface area contributed by atoms with Crippen LogP contribution in [0.3, 0.4) is 0 Å². The molecule has 1 fully saturated rings. The van der Waals surface area contributed by atoms with Gasteiger partial charge in [-0.05, 0) is 40.0 Å². The van der Waals surface area contributed by atoms with Gasteiger partial charge in [-0.25, -0.2) is 0 Å². The second-order valence-corrected chi connectivity index (χ2v) is 6.29. The van der Waals surface area contributed by atoms with E-state index < -0.39 is 7.12 Å². The Morgan fingerprint density at radius 3 is 2.33 bits per heavy atom. The third-order valence-electron chi connectivity index (χ3n) is 3.87. The van der Waals surface area contributed by atoms with Gasteiger partial charge in [0.15, 0.2) is 0 Å². The van der Waals surface area contributed by atoms with E-state index in [2.05, 4.69) is 12.2 Å². The molecular formula is C14H20BClO2. The molecule has 4 heteroatoms. The first kappa shape index (κ1) is 13.9. The summed E-state index contributed by atoms with van der Waals surface area (Å²) in [7, 11) is -0.448. The molecule has 1 aliphatic carbocycles. The highest BCUT2D eigenvalue weighted by atomic mass is 35.5. The molecule has 0 N–H and O–H groups in total. The predicted octanol–water partition coefficient (Wildman–Crippen LogP) is 3.87. The van der Waals surface area contributed by atoms with E-state index in [0.717, 1.165) is 6.42 Å². The quantitative estimate of drug-likeness (QED) is 0.706. The second kappa shape index (κ2) is 4.88. The maximum atomic E-state index is 6.33. The third kappa shape index (κ3) is 2.74. The topological polar surface area (TPSA) is 18.5 Å². The lowest BCUT2D eigenvalue weighted by molar-refractivity contribution is 0.00578. The monoisotopic (exact) mass is 266 g/mol. The van der Waals surface area contributed by atoms with Gasteiger partial charge in [0.1, 0.15) is 0 Å². The Morgan fingerprint density at radius 2 is 1.83 bits per heavy atom. The van der Waals surface area contributed by atoms with Crippen molar-refractivity contribution in [2.75, 3.05) is 0 Å². The average Bonchev–Trinajstić information content (AvgIpc) is 2.50. The molecule has 1 heterocycles. The molecule has 0 spiro atoms. The Bertz CT molecular complexity index is 394. The highest BCUT2D eigenvalue weighted by Gasteiger charge is 2.52. The minimum Gasteiger partial charge on any atom is -0.399 e. The zero-order chi connectivity index (χ0) is 13.4. The fraction of sp³-hybridized carbons (Fsp3) is 0.571. The number of allylic oxidation sites excluding steroid dienone is 5. The molecule has 98 valence electrons. The van der Waals surface area contributed by atoms with Crippen LogP contribution in [0.25, 0.3) is 0 Å². The molecule has 0 amide bonds. The summed E-state index contributed by atoms with van der Waals surface area (Å²) in [6.45, 7) is 8.11. The first-order valence-corrected chi connectivity index (χ1v) is 6.76. The number of hydrogen-bond acceptors (Lipinski definition) is 2. The molecule has 0 bridgehead atoms. The number of halogens is 1. The third-order valence-corrected chi connectivity index (χ3v) is 4.17. The normalized spacial score (nSPS) is 29.9. The average molecular weight is 267 g/mol. The molecular weight excluding hydrogens is 246 g/mol. The van der Waals surface area contributed by atoms with Crippen LogP contribution < -0.4 is 0 Å². The minimum atomic E-state index is -0.448. The first-order chi connectivity index (χ1) is 8.32. The van der Waals surface area contributed by atoms with Crippen LogP contribution in [0.5, 0.6) is 0 Å². The maximum Gasteiger partial charge on any atom is 0.506 e. The lowest BCUT2D eigenvalue weighted by Crippen LogP contribution is -2.41. The van der Waals surface area contributed by atoms with Crippen molar-refractivity contribution in [3.05, 3.63) is 35.3 Å². The molecule has 1 saturated heterocycles. The lowest BCUT2D eigenvalue weighted by atomic mass is 9.86. The Balaban J connectivity index is 2.07. The van der Waals surface area contributed by atoms with Crippen molar-refractivity contribution in [2.24, 2.45) is 5.92 Å². The van der Waals surface area contributed by atoms with Crippen LogP contribution in [0.4, 0.5) is 0 Å². The van der Waals surface area contributed by atoms with Gasteiger partial charge in [-0.15, -0.1) is 0 Å². The summed E-state index contributed by atoms with van der Waals surface area (Å²) in [5.41, 5.74) is -0.679. The standard InChI is InChI=1S/C14H20BClO2/c1-13(2)14(3,4)18-15(17-13)12(16)10-11-8-6-5-7-9-11/h5-8,10-11H,9H2,1-4H3/b12-10+/t11-/m1/s1. The molecule has 1 aliphatic heterocycles. The van der Waals surface area contributed by atoms with E-state index in [0.29, 0.717) is 10.8 Å². The fourth-order valence-electron chi connectivity index (χ4n) is 1.96. The predicted molar refractivity (Wildman–Crippen MR) is 76.4 cm³/mol. The summed E-state index contributed by atoms with van der Waals surface area (Å²) in [4.78, 5) is 0.638. The number of rotatable bonds is 2. The van der Waals surface area contributed by atoms with Crippen molar-refractivity contribution < 1.29 is 9.31 Å². The maximum absolute atomic E-state index is 6.33. The Morgan fingerprint density at radius 1 is 1.22 bits per heavy atom. The lowest BCUT2D eigenvalue weighted by Gasteiger charge is -2.32. The van der Waals surface area contributed by atoms with E-state index in [1.54, 1.807) is 0 Å². The number of hydrogen-bond donors (Lipinski definition) is 0. The summed E-state index contributed by atoms with van der Waals surface area (Å²) < 4.78 is 11.8. The van der Waals surface area contributed by atoms with Crippen LogP contribution >= 0.6 is 11.6 Å². The van der Waals surface area contributed by atoms with Gasteiger partial charge in [-0.3, -0.25) is 0 Å². The molecule has 1 atom stereocenters. The van der Waals surface area contributed by atoms with Gasteiger partial charge >= 0.3 is 7.12 Å². The van der Waals surface area contributed by atoms with Crippen molar-refractivity contribution in [2.45, 2.75) is 45.3 Å². The zero-order valence-electron chi connectivity index (χ0n) is 11.4. The summed E-state index contributed by atoms with van der Waals surface area (Å²) >= 11 is 6.33. The summed E-state index contributed by atoms with van der Waals surface area (Å²) in [5, 5.41) is 0. The molecule has 18 heavy (non-hydrogen) atoms. The second-order valence-electron chi connectivity index (χ2n) is 5.85. The molecule has 2 nitrogen and oxygen atoms in total.